The first-order valence-corrected chi connectivity index (χ1v) is 9.67. The number of ether oxygens (including phenoxy) is 2. The Hall–Kier alpha value is -1.87. The molecule has 1 heterocycles. The van der Waals surface area contributed by atoms with Crippen LogP contribution in [0.15, 0.2) is 41.3 Å². The molecule has 2 aromatic carbocycles. The fourth-order valence-electron chi connectivity index (χ4n) is 3.09. The van der Waals surface area contributed by atoms with E-state index in [1.807, 2.05) is 24.3 Å². The minimum absolute atomic E-state index is 0. The van der Waals surface area contributed by atoms with E-state index in [9.17, 15) is 12.8 Å². The molecule has 1 atom stereocenters. The Bertz CT molecular complexity index is 908. The van der Waals surface area contributed by atoms with Crippen molar-refractivity contribution in [3.63, 3.8) is 0 Å². The molecule has 0 fully saturated rings. The molecule has 0 aliphatic carbocycles. The summed E-state index contributed by atoms with van der Waals surface area (Å²) in [6.07, 6.45) is 0.893. The SMILES string of the molecule is COc1cc(F)c(S(=O)(=O)NCC2NCCc3ccccc32)cc1OC.Cl. The van der Waals surface area contributed by atoms with Crippen LogP contribution in [0.25, 0.3) is 0 Å². The van der Waals surface area contributed by atoms with Crippen molar-refractivity contribution in [3.05, 3.63) is 53.3 Å². The number of nitrogens with one attached hydrogen (secondary N) is 2. The Kier molecular flexibility index (Phi) is 7.05. The maximum atomic E-state index is 14.3. The van der Waals surface area contributed by atoms with E-state index in [4.69, 9.17) is 9.47 Å². The molecule has 0 spiro atoms. The highest BCUT2D eigenvalue weighted by Gasteiger charge is 2.25. The van der Waals surface area contributed by atoms with Crippen molar-refractivity contribution in [1.29, 1.82) is 0 Å². The standard InChI is InChI=1S/C18H21FN2O4S.ClH/c1-24-16-9-14(19)18(10-17(16)25-2)26(22,23)21-11-15-13-6-4-3-5-12(13)7-8-20-15;/h3-6,9-10,15,20-21H,7-8,11H2,1-2H3;1H. The molecule has 3 rings (SSSR count). The fraction of sp³-hybridized carbons (Fsp3) is 0.333. The molecular weight excluding hydrogens is 395 g/mol. The molecular formula is C18H22ClFN2O4S. The summed E-state index contributed by atoms with van der Waals surface area (Å²) >= 11 is 0. The Balaban J connectivity index is 0.00000261. The smallest absolute Gasteiger partial charge is 0.243 e. The van der Waals surface area contributed by atoms with Gasteiger partial charge in [-0.1, -0.05) is 24.3 Å². The van der Waals surface area contributed by atoms with Gasteiger partial charge in [0.05, 0.1) is 14.2 Å². The van der Waals surface area contributed by atoms with Crippen LogP contribution in [0.2, 0.25) is 0 Å². The first-order valence-electron chi connectivity index (χ1n) is 8.18. The van der Waals surface area contributed by atoms with Crippen LogP contribution in [0.4, 0.5) is 4.39 Å². The molecule has 2 N–H and O–H groups in total. The summed E-state index contributed by atoms with van der Waals surface area (Å²) in [5, 5.41) is 3.29. The van der Waals surface area contributed by atoms with E-state index in [0.717, 1.165) is 30.7 Å². The van der Waals surface area contributed by atoms with Crippen LogP contribution in [0.5, 0.6) is 11.5 Å². The Morgan fingerprint density at radius 1 is 1.19 bits per heavy atom. The first kappa shape index (κ1) is 21.4. The van der Waals surface area contributed by atoms with Crippen LogP contribution < -0.4 is 19.5 Å². The molecule has 6 nitrogen and oxygen atoms in total. The maximum Gasteiger partial charge on any atom is 0.243 e. The quantitative estimate of drug-likeness (QED) is 0.756. The Morgan fingerprint density at radius 3 is 2.56 bits per heavy atom. The molecule has 0 bridgehead atoms. The zero-order chi connectivity index (χ0) is 18.7. The van der Waals surface area contributed by atoms with Gasteiger partial charge in [0.15, 0.2) is 11.5 Å². The zero-order valence-corrected chi connectivity index (χ0v) is 16.6. The van der Waals surface area contributed by atoms with Crippen molar-refractivity contribution >= 4 is 22.4 Å². The van der Waals surface area contributed by atoms with Gasteiger partial charge in [0.2, 0.25) is 10.0 Å². The highest BCUT2D eigenvalue weighted by molar-refractivity contribution is 7.89. The molecule has 1 aliphatic rings. The normalized spacial score (nSPS) is 16.2. The number of hydrogen-bond donors (Lipinski definition) is 2. The van der Waals surface area contributed by atoms with Crippen molar-refractivity contribution in [3.8, 4) is 11.5 Å². The van der Waals surface area contributed by atoms with Gasteiger partial charge in [-0.2, -0.15) is 0 Å². The topological polar surface area (TPSA) is 76.7 Å². The number of benzene rings is 2. The van der Waals surface area contributed by atoms with Crippen LogP contribution in [0.3, 0.4) is 0 Å². The molecule has 0 amide bonds. The summed E-state index contributed by atoms with van der Waals surface area (Å²) in [6.45, 7) is 0.876. The predicted molar refractivity (Wildman–Crippen MR) is 103 cm³/mol. The number of hydrogen-bond acceptors (Lipinski definition) is 5. The predicted octanol–water partition coefficient (Wildman–Crippen LogP) is 2.43. The van der Waals surface area contributed by atoms with Crippen molar-refractivity contribution in [2.45, 2.75) is 17.4 Å². The monoisotopic (exact) mass is 416 g/mol. The number of halogens is 2. The van der Waals surface area contributed by atoms with Gasteiger partial charge in [0.25, 0.3) is 0 Å². The number of rotatable bonds is 6. The third-order valence-corrected chi connectivity index (χ3v) is 5.86. The lowest BCUT2D eigenvalue weighted by Gasteiger charge is -2.27. The molecule has 0 saturated carbocycles. The number of sulfonamides is 1. The molecule has 1 unspecified atom stereocenters. The average molecular weight is 417 g/mol. The third-order valence-electron chi connectivity index (χ3n) is 4.42. The summed E-state index contributed by atoms with van der Waals surface area (Å²) in [6, 6.07) is 9.84. The van der Waals surface area contributed by atoms with Crippen molar-refractivity contribution in [2.24, 2.45) is 0 Å². The lowest BCUT2D eigenvalue weighted by molar-refractivity contribution is 0.350. The van der Waals surface area contributed by atoms with E-state index in [1.54, 1.807) is 0 Å². The van der Waals surface area contributed by atoms with E-state index >= 15 is 0 Å². The lowest BCUT2D eigenvalue weighted by Crippen LogP contribution is -2.39. The molecule has 0 aromatic heterocycles. The maximum absolute atomic E-state index is 14.3. The van der Waals surface area contributed by atoms with Gasteiger partial charge >= 0.3 is 0 Å². The highest BCUT2D eigenvalue weighted by Crippen LogP contribution is 2.32. The van der Waals surface area contributed by atoms with Crippen molar-refractivity contribution < 1.29 is 22.3 Å². The van der Waals surface area contributed by atoms with Gasteiger partial charge in [-0.25, -0.2) is 17.5 Å². The summed E-state index contributed by atoms with van der Waals surface area (Å²) in [5.41, 5.74) is 2.24. The van der Waals surface area contributed by atoms with E-state index in [0.29, 0.717) is 0 Å². The van der Waals surface area contributed by atoms with Crippen LogP contribution in [0.1, 0.15) is 17.2 Å². The number of methoxy groups -OCH3 is 2. The highest BCUT2D eigenvalue weighted by atomic mass is 35.5. The van der Waals surface area contributed by atoms with Gasteiger partial charge < -0.3 is 14.8 Å². The molecule has 27 heavy (non-hydrogen) atoms. The van der Waals surface area contributed by atoms with Crippen LogP contribution in [-0.4, -0.2) is 35.7 Å². The second-order valence-electron chi connectivity index (χ2n) is 5.95. The van der Waals surface area contributed by atoms with Gasteiger partial charge in [-0.3, -0.25) is 0 Å². The summed E-state index contributed by atoms with van der Waals surface area (Å²) < 4.78 is 52.0. The molecule has 1 aliphatic heterocycles. The van der Waals surface area contributed by atoms with Crippen LogP contribution in [-0.2, 0) is 16.4 Å². The van der Waals surface area contributed by atoms with E-state index in [-0.39, 0.29) is 36.5 Å². The van der Waals surface area contributed by atoms with Crippen LogP contribution in [0, 0.1) is 5.82 Å². The van der Waals surface area contributed by atoms with Gasteiger partial charge in [-0.15, -0.1) is 12.4 Å². The largest absolute Gasteiger partial charge is 0.493 e. The summed E-state index contributed by atoms with van der Waals surface area (Å²) in [7, 11) is -1.33. The molecule has 148 valence electrons. The minimum Gasteiger partial charge on any atom is -0.493 e. The van der Waals surface area contributed by atoms with Crippen molar-refractivity contribution in [2.75, 3.05) is 27.3 Å². The van der Waals surface area contributed by atoms with Crippen molar-refractivity contribution in [1.82, 2.24) is 10.0 Å². The second kappa shape index (κ2) is 8.88. The Labute approximate surface area is 164 Å². The fourth-order valence-corrected chi connectivity index (χ4v) is 4.21. The first-order chi connectivity index (χ1) is 12.5. The van der Waals surface area contributed by atoms with E-state index < -0.39 is 20.7 Å². The summed E-state index contributed by atoms with van der Waals surface area (Å²) in [4.78, 5) is -0.473. The molecule has 0 radical (unpaired) electrons. The molecule has 9 heteroatoms. The van der Waals surface area contributed by atoms with Crippen LogP contribution >= 0.6 is 12.4 Å². The van der Waals surface area contributed by atoms with Gasteiger partial charge in [0.1, 0.15) is 10.7 Å². The molecule has 2 aromatic rings. The number of fused-ring (bicyclic) bond motifs is 1. The lowest BCUT2D eigenvalue weighted by atomic mass is 9.95. The zero-order valence-electron chi connectivity index (χ0n) is 15.0. The minimum atomic E-state index is -4.05. The summed E-state index contributed by atoms with van der Waals surface area (Å²) in [5.74, 6) is -0.616. The van der Waals surface area contributed by atoms with Gasteiger partial charge in [0, 0.05) is 24.7 Å². The second-order valence-corrected chi connectivity index (χ2v) is 7.68. The van der Waals surface area contributed by atoms with E-state index in [1.165, 1.54) is 19.8 Å². The average Bonchev–Trinajstić information content (AvgIpc) is 2.65. The van der Waals surface area contributed by atoms with E-state index in [2.05, 4.69) is 10.0 Å². The van der Waals surface area contributed by atoms with Gasteiger partial charge in [-0.05, 0) is 24.1 Å². The Morgan fingerprint density at radius 2 is 1.85 bits per heavy atom. The third kappa shape index (κ3) is 4.52. The molecule has 0 saturated heterocycles.